The highest BCUT2D eigenvalue weighted by atomic mass is 16.5. The van der Waals surface area contributed by atoms with E-state index in [1.54, 1.807) is 0 Å². The quantitative estimate of drug-likeness (QED) is 0.348. The van der Waals surface area contributed by atoms with Gasteiger partial charge < -0.3 is 4.74 Å². The molecule has 2 rings (SSSR count). The van der Waals surface area contributed by atoms with Crippen LogP contribution in [0.5, 0.6) is 0 Å². The van der Waals surface area contributed by atoms with E-state index in [9.17, 15) is 0 Å². The fraction of sp³-hybridized carbons (Fsp3) is 0.905. The van der Waals surface area contributed by atoms with Gasteiger partial charge in [-0.05, 0) is 49.9 Å². The summed E-state index contributed by atoms with van der Waals surface area (Å²) >= 11 is 0. The van der Waals surface area contributed by atoms with Gasteiger partial charge in [0.15, 0.2) is 0 Å². The van der Waals surface area contributed by atoms with Crippen LogP contribution in [0.4, 0.5) is 0 Å². The maximum atomic E-state index is 6.20. The second-order valence-corrected chi connectivity index (χ2v) is 7.77. The van der Waals surface area contributed by atoms with Crippen LogP contribution < -0.4 is 0 Å². The summed E-state index contributed by atoms with van der Waals surface area (Å²) < 4.78 is 6.20. The molecule has 1 fully saturated rings. The Hall–Kier alpha value is -0.300. The van der Waals surface area contributed by atoms with Crippen LogP contribution in [-0.2, 0) is 4.74 Å². The second-order valence-electron chi connectivity index (χ2n) is 7.77. The number of hydrogen-bond acceptors (Lipinski definition) is 1. The SMILES string of the molecule is CCCCCC1C=CC(OCC2CCC(CCC)CC2)CC1. The average Bonchev–Trinajstić information content (AvgIpc) is 2.56. The molecular formula is C21H38O. The zero-order valence-corrected chi connectivity index (χ0v) is 15.1. The maximum absolute atomic E-state index is 6.20. The Bertz CT molecular complexity index is 301. The fourth-order valence-corrected chi connectivity index (χ4v) is 4.24. The summed E-state index contributed by atoms with van der Waals surface area (Å²) in [4.78, 5) is 0. The summed E-state index contributed by atoms with van der Waals surface area (Å²) in [7, 11) is 0. The summed E-state index contributed by atoms with van der Waals surface area (Å²) in [6.07, 6.45) is 21.8. The second kappa shape index (κ2) is 10.5. The van der Waals surface area contributed by atoms with Crippen LogP contribution in [0.15, 0.2) is 12.2 Å². The molecule has 0 heterocycles. The average molecular weight is 307 g/mol. The van der Waals surface area contributed by atoms with Crippen molar-refractivity contribution >= 4 is 0 Å². The molecule has 2 unspecified atom stereocenters. The molecule has 0 bridgehead atoms. The monoisotopic (exact) mass is 306 g/mol. The van der Waals surface area contributed by atoms with Crippen LogP contribution in [-0.4, -0.2) is 12.7 Å². The van der Waals surface area contributed by atoms with Crippen molar-refractivity contribution in [1.29, 1.82) is 0 Å². The maximum Gasteiger partial charge on any atom is 0.0756 e. The third kappa shape index (κ3) is 6.44. The van der Waals surface area contributed by atoms with E-state index in [-0.39, 0.29) is 0 Å². The smallest absolute Gasteiger partial charge is 0.0756 e. The zero-order valence-electron chi connectivity index (χ0n) is 15.1. The Morgan fingerprint density at radius 3 is 2.18 bits per heavy atom. The van der Waals surface area contributed by atoms with Gasteiger partial charge in [0.1, 0.15) is 0 Å². The van der Waals surface area contributed by atoms with Crippen LogP contribution >= 0.6 is 0 Å². The van der Waals surface area contributed by atoms with E-state index >= 15 is 0 Å². The van der Waals surface area contributed by atoms with Gasteiger partial charge in [-0.15, -0.1) is 0 Å². The lowest BCUT2D eigenvalue weighted by molar-refractivity contribution is 0.0314. The van der Waals surface area contributed by atoms with Crippen molar-refractivity contribution in [1.82, 2.24) is 0 Å². The molecule has 2 aliphatic carbocycles. The van der Waals surface area contributed by atoms with Crippen molar-refractivity contribution in [3.05, 3.63) is 12.2 Å². The third-order valence-corrected chi connectivity index (χ3v) is 5.81. The van der Waals surface area contributed by atoms with Crippen LogP contribution in [0.25, 0.3) is 0 Å². The molecule has 1 nitrogen and oxygen atoms in total. The summed E-state index contributed by atoms with van der Waals surface area (Å²) in [6.45, 7) is 5.62. The van der Waals surface area contributed by atoms with E-state index in [0.717, 1.165) is 24.4 Å². The first-order chi connectivity index (χ1) is 10.8. The minimum atomic E-state index is 0.413. The lowest BCUT2D eigenvalue weighted by Gasteiger charge is -2.30. The lowest BCUT2D eigenvalue weighted by Crippen LogP contribution is -2.23. The highest BCUT2D eigenvalue weighted by Crippen LogP contribution is 2.32. The molecule has 128 valence electrons. The van der Waals surface area contributed by atoms with Gasteiger partial charge in [-0.3, -0.25) is 0 Å². The summed E-state index contributed by atoms with van der Waals surface area (Å²) in [6, 6.07) is 0. The molecule has 0 aliphatic heterocycles. The number of rotatable bonds is 9. The van der Waals surface area contributed by atoms with Gasteiger partial charge in [0, 0.05) is 0 Å². The Morgan fingerprint density at radius 2 is 1.55 bits per heavy atom. The molecule has 1 heteroatoms. The minimum absolute atomic E-state index is 0.413. The number of unbranched alkanes of at least 4 members (excludes halogenated alkanes) is 2. The Kier molecular flexibility index (Phi) is 8.59. The molecule has 0 amide bonds. The van der Waals surface area contributed by atoms with Gasteiger partial charge in [-0.1, -0.05) is 70.9 Å². The predicted octanol–water partition coefficient (Wildman–Crippen LogP) is 6.52. The first kappa shape index (κ1) is 18.0. The van der Waals surface area contributed by atoms with E-state index in [1.165, 1.54) is 77.0 Å². The Morgan fingerprint density at radius 1 is 0.773 bits per heavy atom. The molecule has 0 aromatic carbocycles. The fourth-order valence-electron chi connectivity index (χ4n) is 4.24. The first-order valence-corrected chi connectivity index (χ1v) is 10.1. The number of allylic oxidation sites excluding steroid dienone is 1. The van der Waals surface area contributed by atoms with Crippen LogP contribution in [0.3, 0.4) is 0 Å². The highest BCUT2D eigenvalue weighted by Gasteiger charge is 2.22. The van der Waals surface area contributed by atoms with E-state index in [4.69, 9.17) is 4.74 Å². The van der Waals surface area contributed by atoms with Crippen molar-refractivity contribution < 1.29 is 4.74 Å². The predicted molar refractivity (Wildman–Crippen MR) is 96.1 cm³/mol. The molecule has 2 atom stereocenters. The summed E-state index contributed by atoms with van der Waals surface area (Å²) in [5.41, 5.74) is 0. The van der Waals surface area contributed by atoms with Crippen molar-refractivity contribution in [2.75, 3.05) is 6.61 Å². The molecule has 0 aromatic rings. The topological polar surface area (TPSA) is 9.23 Å². The van der Waals surface area contributed by atoms with Crippen molar-refractivity contribution in [2.45, 2.75) is 97.0 Å². The van der Waals surface area contributed by atoms with E-state index in [1.807, 2.05) is 0 Å². The molecule has 1 saturated carbocycles. The molecule has 0 saturated heterocycles. The minimum Gasteiger partial charge on any atom is -0.374 e. The molecule has 0 spiro atoms. The standard InChI is InChI=1S/C21H38O/c1-3-5-6-8-19-13-15-21(16-14-19)22-17-20-11-9-18(7-4-2)10-12-20/h13,15,18-21H,3-12,14,16-17H2,1-2H3. The number of hydrogen-bond donors (Lipinski definition) is 0. The van der Waals surface area contributed by atoms with Gasteiger partial charge in [0.25, 0.3) is 0 Å². The van der Waals surface area contributed by atoms with Gasteiger partial charge in [0.2, 0.25) is 0 Å². The van der Waals surface area contributed by atoms with Crippen molar-refractivity contribution in [3.8, 4) is 0 Å². The molecule has 0 radical (unpaired) electrons. The van der Waals surface area contributed by atoms with Crippen LogP contribution in [0, 0.1) is 17.8 Å². The lowest BCUT2D eigenvalue weighted by atomic mass is 9.80. The van der Waals surface area contributed by atoms with Crippen molar-refractivity contribution in [2.24, 2.45) is 17.8 Å². The number of ether oxygens (including phenoxy) is 1. The van der Waals surface area contributed by atoms with Gasteiger partial charge >= 0.3 is 0 Å². The Labute approximate surface area is 138 Å². The molecule has 0 aromatic heterocycles. The van der Waals surface area contributed by atoms with Gasteiger partial charge in [-0.25, -0.2) is 0 Å². The van der Waals surface area contributed by atoms with Crippen LogP contribution in [0.1, 0.15) is 90.9 Å². The van der Waals surface area contributed by atoms with Gasteiger partial charge in [0.05, 0.1) is 12.7 Å². The van der Waals surface area contributed by atoms with Gasteiger partial charge in [-0.2, -0.15) is 0 Å². The van der Waals surface area contributed by atoms with E-state index in [0.29, 0.717) is 6.10 Å². The molecule has 2 aliphatic rings. The van der Waals surface area contributed by atoms with Crippen LogP contribution in [0.2, 0.25) is 0 Å². The van der Waals surface area contributed by atoms with E-state index < -0.39 is 0 Å². The van der Waals surface area contributed by atoms with E-state index in [2.05, 4.69) is 26.0 Å². The molecule has 0 N–H and O–H groups in total. The largest absolute Gasteiger partial charge is 0.374 e. The van der Waals surface area contributed by atoms with Crippen molar-refractivity contribution in [3.63, 3.8) is 0 Å². The molecule has 22 heavy (non-hydrogen) atoms. The summed E-state index contributed by atoms with van der Waals surface area (Å²) in [5.74, 6) is 2.68. The third-order valence-electron chi connectivity index (χ3n) is 5.81. The molecular weight excluding hydrogens is 268 g/mol. The zero-order chi connectivity index (χ0) is 15.6. The highest BCUT2D eigenvalue weighted by molar-refractivity contribution is 4.99. The summed E-state index contributed by atoms with van der Waals surface area (Å²) in [5, 5.41) is 0. The Balaban J connectivity index is 1.57. The first-order valence-electron chi connectivity index (χ1n) is 10.1. The normalized spacial score (nSPS) is 32.3.